The monoisotopic (exact) mass is 431 g/mol. The summed E-state index contributed by atoms with van der Waals surface area (Å²) >= 11 is 0. The molecule has 2 aromatic rings. The minimum Gasteiger partial charge on any atom is -0.329 e. The number of allylic oxidation sites excluding steroid dienone is 6. The third kappa shape index (κ3) is 3.04. The molecule has 0 N–H and O–H groups in total. The summed E-state index contributed by atoms with van der Waals surface area (Å²) < 4.78 is 61.0. The van der Waals surface area contributed by atoms with Gasteiger partial charge in [0.25, 0.3) is 0 Å². The first-order valence-corrected chi connectivity index (χ1v) is 10.9. The van der Waals surface area contributed by atoms with Crippen molar-refractivity contribution in [3.63, 3.8) is 0 Å². The Morgan fingerprint density at radius 1 is 1.20 bits per heavy atom. The van der Waals surface area contributed by atoms with Crippen molar-refractivity contribution in [3.8, 4) is 0 Å². The molecule has 0 saturated heterocycles. The van der Waals surface area contributed by atoms with Gasteiger partial charge < -0.3 is 4.52 Å². The van der Waals surface area contributed by atoms with Crippen molar-refractivity contribution in [2.24, 2.45) is 4.36 Å². The fourth-order valence-corrected chi connectivity index (χ4v) is 6.51. The quantitative estimate of drug-likeness (QED) is 0.638. The van der Waals surface area contributed by atoms with E-state index in [1.807, 2.05) is 30.3 Å². The summed E-state index contributed by atoms with van der Waals surface area (Å²) in [5.74, 6) is -1.51. The Hall–Kier alpha value is -2.94. The zero-order valence-corrected chi connectivity index (χ0v) is 16.4. The van der Waals surface area contributed by atoms with Crippen LogP contribution in [0.2, 0.25) is 0 Å². The van der Waals surface area contributed by atoms with Gasteiger partial charge in [0, 0.05) is 10.5 Å². The number of benzene rings is 1. The maximum atomic E-state index is 14.0. The average Bonchev–Trinajstić information content (AvgIpc) is 3.33. The number of rotatable bonds is 2. The smallest absolute Gasteiger partial charge is 0.329 e. The molecule has 0 saturated carbocycles. The average molecular weight is 431 g/mol. The minimum absolute atomic E-state index is 0.130. The molecule has 2 atom stereocenters. The number of hydrogen-bond donors (Lipinski definition) is 0. The van der Waals surface area contributed by atoms with E-state index < -0.39 is 21.8 Å². The number of hydrogen-bond acceptors (Lipinski definition) is 5. The SMILES string of the molecule is O=S1(=NC2C=CC(c3noc(C(F)(F)F)n3)=CC2)C2=C(C=CCC2)c2ccccc21. The largest absolute Gasteiger partial charge is 0.471 e. The first kappa shape index (κ1) is 19.0. The molecule has 0 amide bonds. The maximum absolute atomic E-state index is 14.0. The molecule has 154 valence electrons. The molecule has 0 radical (unpaired) electrons. The third-order valence-electron chi connectivity index (χ3n) is 5.22. The van der Waals surface area contributed by atoms with Crippen LogP contribution in [0.1, 0.15) is 36.5 Å². The number of aromatic nitrogens is 2. The predicted molar refractivity (Wildman–Crippen MR) is 105 cm³/mol. The standard InChI is InChI=1S/C21H16F3N3O2S/c22-21(23,24)20-25-19(26-29-20)13-9-11-14(12-10-13)27-30(28)17-7-3-1-5-15(17)16-6-2-4-8-18(16)30/h1-3,5-7,9-11,14H,4,8,12H2. The van der Waals surface area contributed by atoms with Gasteiger partial charge in [-0.05, 0) is 36.5 Å². The summed E-state index contributed by atoms with van der Waals surface area (Å²) in [5, 5.41) is 3.40. The minimum atomic E-state index is -4.68. The Kier molecular flexibility index (Phi) is 4.32. The van der Waals surface area contributed by atoms with E-state index in [-0.39, 0.29) is 11.9 Å². The Balaban J connectivity index is 1.47. The van der Waals surface area contributed by atoms with Crippen molar-refractivity contribution in [3.05, 3.63) is 76.8 Å². The van der Waals surface area contributed by atoms with Crippen molar-refractivity contribution >= 4 is 20.9 Å². The summed E-state index contributed by atoms with van der Waals surface area (Å²) in [5.41, 5.74) is 2.37. The van der Waals surface area contributed by atoms with Crippen molar-refractivity contribution in [1.82, 2.24) is 10.1 Å². The van der Waals surface area contributed by atoms with Crippen LogP contribution in [0.25, 0.3) is 11.1 Å². The lowest BCUT2D eigenvalue weighted by atomic mass is 10.00. The second-order valence-electron chi connectivity index (χ2n) is 7.15. The summed E-state index contributed by atoms with van der Waals surface area (Å²) in [4.78, 5) is 5.00. The Labute approximate surface area is 170 Å². The fraction of sp³-hybridized carbons (Fsp3) is 0.238. The summed E-state index contributed by atoms with van der Waals surface area (Å²) in [7, 11) is -2.74. The van der Waals surface area contributed by atoms with Crippen molar-refractivity contribution in [1.29, 1.82) is 0 Å². The normalized spacial score (nSPS) is 25.2. The van der Waals surface area contributed by atoms with E-state index in [0.717, 1.165) is 27.4 Å². The lowest BCUT2D eigenvalue weighted by Gasteiger charge is -2.16. The lowest BCUT2D eigenvalue weighted by molar-refractivity contribution is -0.159. The van der Waals surface area contributed by atoms with Crippen LogP contribution in [-0.2, 0) is 15.9 Å². The van der Waals surface area contributed by atoms with Gasteiger partial charge in [-0.2, -0.15) is 18.2 Å². The molecule has 1 aromatic heterocycles. The molecule has 1 aromatic carbocycles. The summed E-state index contributed by atoms with van der Waals surface area (Å²) in [6.45, 7) is 0. The highest BCUT2D eigenvalue weighted by Crippen LogP contribution is 2.45. The molecule has 2 unspecified atom stereocenters. The molecule has 9 heteroatoms. The molecule has 0 bridgehead atoms. The fourth-order valence-electron chi connectivity index (χ4n) is 3.85. The Morgan fingerprint density at radius 2 is 2.03 bits per heavy atom. The molecule has 1 aliphatic heterocycles. The van der Waals surface area contributed by atoms with E-state index in [9.17, 15) is 17.4 Å². The molecular weight excluding hydrogens is 415 g/mol. The predicted octanol–water partition coefficient (Wildman–Crippen LogP) is 5.40. The van der Waals surface area contributed by atoms with Crippen molar-refractivity contribution in [2.75, 3.05) is 0 Å². The second kappa shape index (κ2) is 6.80. The van der Waals surface area contributed by atoms with Crippen LogP contribution in [0.15, 0.2) is 73.3 Å². The van der Waals surface area contributed by atoms with Crippen LogP contribution in [0.5, 0.6) is 0 Å². The van der Waals surface area contributed by atoms with E-state index in [4.69, 9.17) is 4.36 Å². The van der Waals surface area contributed by atoms with Gasteiger partial charge in [0.1, 0.15) is 9.73 Å². The van der Waals surface area contributed by atoms with Gasteiger partial charge in [-0.15, -0.1) is 0 Å². The van der Waals surface area contributed by atoms with Gasteiger partial charge in [-0.25, -0.2) is 8.57 Å². The number of halogens is 3. The van der Waals surface area contributed by atoms with Crippen molar-refractivity contribution in [2.45, 2.75) is 36.4 Å². The van der Waals surface area contributed by atoms with E-state index in [1.54, 1.807) is 18.2 Å². The molecule has 2 heterocycles. The molecule has 5 rings (SSSR count). The van der Waals surface area contributed by atoms with Gasteiger partial charge in [-0.1, -0.05) is 53.7 Å². The van der Waals surface area contributed by atoms with E-state index >= 15 is 0 Å². The Bertz CT molecular complexity index is 1270. The molecule has 30 heavy (non-hydrogen) atoms. The number of nitrogens with zero attached hydrogens (tertiary/aromatic N) is 3. The maximum Gasteiger partial charge on any atom is 0.471 e. The summed E-state index contributed by atoms with van der Waals surface area (Å²) in [6, 6.07) is 7.25. The van der Waals surface area contributed by atoms with E-state index in [2.05, 4.69) is 20.7 Å². The molecule has 5 nitrogen and oxygen atoms in total. The zero-order chi connectivity index (χ0) is 20.9. The highest BCUT2D eigenvalue weighted by atomic mass is 32.2. The van der Waals surface area contributed by atoms with Crippen LogP contribution in [0, 0.1) is 0 Å². The molecule has 2 aliphatic carbocycles. The van der Waals surface area contributed by atoms with Crippen LogP contribution in [0.4, 0.5) is 13.2 Å². The van der Waals surface area contributed by atoms with Gasteiger partial charge in [-0.3, -0.25) is 0 Å². The summed E-state index contributed by atoms with van der Waals surface area (Å²) in [6.07, 6.45) is 6.34. The van der Waals surface area contributed by atoms with Gasteiger partial charge in [0.05, 0.1) is 10.9 Å². The highest BCUT2D eigenvalue weighted by Gasteiger charge is 2.39. The van der Waals surface area contributed by atoms with E-state index in [1.165, 1.54) is 0 Å². The first-order chi connectivity index (χ1) is 14.4. The lowest BCUT2D eigenvalue weighted by Crippen LogP contribution is -2.10. The highest BCUT2D eigenvalue weighted by molar-refractivity contribution is 7.98. The van der Waals surface area contributed by atoms with E-state index in [0.29, 0.717) is 18.4 Å². The van der Waals surface area contributed by atoms with Gasteiger partial charge >= 0.3 is 12.1 Å². The molecule has 0 spiro atoms. The van der Waals surface area contributed by atoms with Crippen LogP contribution in [-0.4, -0.2) is 20.4 Å². The van der Waals surface area contributed by atoms with Crippen LogP contribution < -0.4 is 0 Å². The molecule has 3 aliphatic rings. The number of alkyl halides is 3. The topological polar surface area (TPSA) is 68.3 Å². The van der Waals surface area contributed by atoms with Gasteiger partial charge in [0.15, 0.2) is 0 Å². The third-order valence-corrected chi connectivity index (χ3v) is 7.83. The molecular formula is C21H16F3N3O2S. The second-order valence-corrected chi connectivity index (χ2v) is 9.34. The molecule has 0 fully saturated rings. The Morgan fingerprint density at radius 3 is 2.77 bits per heavy atom. The first-order valence-electron chi connectivity index (χ1n) is 9.41. The van der Waals surface area contributed by atoms with Crippen LogP contribution in [0.3, 0.4) is 0 Å². The zero-order valence-electron chi connectivity index (χ0n) is 15.6. The van der Waals surface area contributed by atoms with Gasteiger partial charge in [0.2, 0.25) is 5.82 Å². The number of fused-ring (bicyclic) bond motifs is 2. The van der Waals surface area contributed by atoms with Crippen molar-refractivity contribution < 1.29 is 21.9 Å². The van der Waals surface area contributed by atoms with Crippen LogP contribution >= 0.6 is 0 Å².